The average Bonchev–Trinajstić information content (AvgIpc) is 2.80. The van der Waals surface area contributed by atoms with Gasteiger partial charge in [0.25, 0.3) is 11.1 Å². The quantitative estimate of drug-likeness (QED) is 0.188. The van der Waals surface area contributed by atoms with E-state index in [1.165, 1.54) is 12.1 Å². The molecule has 0 bridgehead atoms. The Labute approximate surface area is 213 Å². The van der Waals surface area contributed by atoms with E-state index in [4.69, 9.17) is 14.2 Å². The van der Waals surface area contributed by atoms with Crippen LogP contribution in [0.15, 0.2) is 21.7 Å². The van der Waals surface area contributed by atoms with E-state index in [1.54, 1.807) is 13.8 Å². The number of ether oxygens (including phenoxy) is 3. The van der Waals surface area contributed by atoms with Crippen molar-refractivity contribution >= 4 is 23.8 Å². The van der Waals surface area contributed by atoms with Crippen LogP contribution in [0.2, 0.25) is 0 Å². The van der Waals surface area contributed by atoms with E-state index in [9.17, 15) is 19.2 Å². The normalized spacial score (nSPS) is 10.8. The molecule has 5 N–H and O–H groups in total. The summed E-state index contributed by atoms with van der Waals surface area (Å²) in [5, 5.41) is 7.70. The predicted octanol–water partition coefficient (Wildman–Crippen LogP) is 0.840. The first-order valence-corrected chi connectivity index (χ1v) is 12.1. The Kier molecular flexibility index (Phi) is 13.6. The van der Waals surface area contributed by atoms with Crippen LogP contribution >= 0.6 is 0 Å². The highest BCUT2D eigenvalue weighted by Crippen LogP contribution is 2.01. The van der Waals surface area contributed by atoms with Gasteiger partial charge >= 0.3 is 6.03 Å². The fraction of sp³-hybridized carbons (Fsp3) is 0.565. The summed E-state index contributed by atoms with van der Waals surface area (Å²) >= 11 is 0. The SMILES string of the molecule is Cc1cc(=O)nc(NC(=O)CCCCOCCOCCOCCCNC(=O)Nc2nc(=O)cc(C)[nH]2)[nH]1. The first-order chi connectivity index (χ1) is 17.8. The molecule has 0 aliphatic heterocycles. The molecule has 0 saturated carbocycles. The van der Waals surface area contributed by atoms with Crippen molar-refractivity contribution in [1.82, 2.24) is 25.3 Å². The number of aryl methyl sites for hydroxylation is 2. The minimum atomic E-state index is -0.461. The number of hydrogen-bond donors (Lipinski definition) is 5. The second-order valence-electron chi connectivity index (χ2n) is 8.08. The number of unbranched alkanes of at least 4 members (excludes halogenated alkanes) is 1. The third-order valence-electron chi connectivity index (χ3n) is 4.68. The van der Waals surface area contributed by atoms with Gasteiger partial charge in [-0.1, -0.05) is 0 Å². The largest absolute Gasteiger partial charge is 0.379 e. The number of carbonyl (C=O) groups is 2. The molecule has 0 unspecified atom stereocenters. The van der Waals surface area contributed by atoms with E-state index in [-0.39, 0.29) is 17.8 Å². The van der Waals surface area contributed by atoms with Gasteiger partial charge in [-0.3, -0.25) is 25.0 Å². The van der Waals surface area contributed by atoms with Crippen molar-refractivity contribution in [1.29, 1.82) is 0 Å². The number of urea groups is 1. The number of nitrogens with zero attached hydrogens (tertiary/aromatic N) is 2. The molecular weight excluding hydrogens is 486 g/mol. The van der Waals surface area contributed by atoms with Crippen LogP contribution in [0, 0.1) is 13.8 Å². The van der Waals surface area contributed by atoms with Crippen LogP contribution in [0.3, 0.4) is 0 Å². The first-order valence-electron chi connectivity index (χ1n) is 12.1. The number of rotatable bonds is 17. The zero-order valence-electron chi connectivity index (χ0n) is 21.2. The zero-order chi connectivity index (χ0) is 26.9. The molecule has 0 radical (unpaired) electrons. The number of aromatic amines is 2. The van der Waals surface area contributed by atoms with Crippen LogP contribution in [0.1, 0.15) is 37.1 Å². The highest BCUT2D eigenvalue weighted by atomic mass is 16.5. The van der Waals surface area contributed by atoms with Gasteiger partial charge in [0, 0.05) is 49.7 Å². The molecule has 14 nitrogen and oxygen atoms in total. The molecule has 0 atom stereocenters. The Balaban J connectivity index is 1.34. The third-order valence-corrected chi connectivity index (χ3v) is 4.68. The molecule has 2 heterocycles. The summed E-state index contributed by atoms with van der Waals surface area (Å²) < 4.78 is 16.3. The Morgan fingerprint density at radius 3 is 1.84 bits per heavy atom. The standard InChI is InChI=1S/C23H35N7O7/c1-16-14-19(32)28-21(25-16)27-18(31)6-3-4-8-35-10-12-37-13-11-36-9-5-7-24-23(34)30-22-26-17(2)15-20(33)29-22/h14-15H,3-13H2,1-2H3,(H2,25,27,28,31,32)(H3,24,26,29,30,33,34). The molecule has 2 aromatic rings. The number of nitrogens with one attached hydrogen (secondary N) is 5. The lowest BCUT2D eigenvalue weighted by Gasteiger charge is -2.08. The minimum absolute atomic E-state index is 0.0958. The van der Waals surface area contributed by atoms with Gasteiger partial charge in [-0.15, -0.1) is 0 Å². The van der Waals surface area contributed by atoms with Crippen LogP contribution in [-0.4, -0.2) is 78.1 Å². The van der Waals surface area contributed by atoms with Gasteiger partial charge in [-0.2, -0.15) is 9.97 Å². The molecule has 3 amide bonds. The molecular formula is C23H35N7O7. The number of anilines is 2. The van der Waals surface area contributed by atoms with Crippen LogP contribution in [0.5, 0.6) is 0 Å². The third kappa shape index (κ3) is 13.9. The van der Waals surface area contributed by atoms with Crippen LogP contribution < -0.4 is 27.1 Å². The highest BCUT2D eigenvalue weighted by Gasteiger charge is 2.06. The molecule has 0 spiro atoms. The second kappa shape index (κ2) is 16.9. The van der Waals surface area contributed by atoms with Crippen molar-refractivity contribution in [3.63, 3.8) is 0 Å². The van der Waals surface area contributed by atoms with E-state index >= 15 is 0 Å². The molecule has 37 heavy (non-hydrogen) atoms. The lowest BCUT2D eigenvalue weighted by molar-refractivity contribution is -0.116. The molecule has 2 aromatic heterocycles. The summed E-state index contributed by atoms with van der Waals surface area (Å²) in [6.07, 6.45) is 2.29. The lowest BCUT2D eigenvalue weighted by atomic mass is 10.2. The molecule has 2 rings (SSSR count). The van der Waals surface area contributed by atoms with Gasteiger partial charge in [0.05, 0.1) is 26.4 Å². The zero-order valence-corrected chi connectivity index (χ0v) is 21.2. The summed E-state index contributed by atoms with van der Waals surface area (Å²) in [4.78, 5) is 59.3. The summed E-state index contributed by atoms with van der Waals surface area (Å²) in [6, 6.07) is 2.23. The van der Waals surface area contributed by atoms with Crippen molar-refractivity contribution in [3.8, 4) is 0 Å². The van der Waals surface area contributed by atoms with Crippen LogP contribution in [0.4, 0.5) is 16.7 Å². The second-order valence-corrected chi connectivity index (χ2v) is 8.08. The Morgan fingerprint density at radius 1 is 0.757 bits per heavy atom. The highest BCUT2D eigenvalue weighted by molar-refractivity contribution is 5.88. The van der Waals surface area contributed by atoms with Gasteiger partial charge in [0.1, 0.15) is 0 Å². The first kappa shape index (κ1) is 29.6. The minimum Gasteiger partial charge on any atom is -0.379 e. The van der Waals surface area contributed by atoms with Gasteiger partial charge in [0.2, 0.25) is 17.8 Å². The van der Waals surface area contributed by atoms with E-state index in [1.807, 2.05) is 0 Å². The van der Waals surface area contributed by atoms with Crippen molar-refractivity contribution < 1.29 is 23.8 Å². The van der Waals surface area contributed by atoms with Crippen molar-refractivity contribution in [2.75, 3.05) is 56.8 Å². The topological polar surface area (TPSA) is 189 Å². The summed E-state index contributed by atoms with van der Waals surface area (Å²) in [5.41, 5.74) is 0.404. The van der Waals surface area contributed by atoms with Crippen LogP contribution in [0.25, 0.3) is 0 Å². The average molecular weight is 522 g/mol. The molecule has 0 aliphatic rings. The fourth-order valence-corrected chi connectivity index (χ4v) is 3.03. The summed E-state index contributed by atoms with van der Waals surface area (Å²) in [6.45, 7) is 6.54. The van der Waals surface area contributed by atoms with E-state index in [2.05, 4.69) is 35.9 Å². The monoisotopic (exact) mass is 521 g/mol. The van der Waals surface area contributed by atoms with Gasteiger partial charge in [0.15, 0.2) is 0 Å². The number of amides is 3. The van der Waals surface area contributed by atoms with Crippen molar-refractivity contribution in [2.24, 2.45) is 0 Å². The molecule has 0 fully saturated rings. The van der Waals surface area contributed by atoms with Gasteiger partial charge < -0.3 is 29.5 Å². The van der Waals surface area contributed by atoms with Gasteiger partial charge in [-0.25, -0.2) is 4.79 Å². The molecule has 204 valence electrons. The maximum absolute atomic E-state index is 11.9. The van der Waals surface area contributed by atoms with E-state index in [0.29, 0.717) is 76.8 Å². The van der Waals surface area contributed by atoms with Crippen LogP contribution in [-0.2, 0) is 19.0 Å². The molecule has 14 heteroatoms. The predicted molar refractivity (Wildman–Crippen MR) is 136 cm³/mol. The maximum atomic E-state index is 11.9. The Morgan fingerprint density at radius 2 is 1.27 bits per heavy atom. The maximum Gasteiger partial charge on any atom is 0.321 e. The number of hydrogen-bond acceptors (Lipinski definition) is 9. The van der Waals surface area contributed by atoms with E-state index in [0.717, 1.165) is 6.42 Å². The van der Waals surface area contributed by atoms with E-state index < -0.39 is 17.1 Å². The number of aromatic nitrogens is 4. The number of H-pyrrole nitrogens is 2. The lowest BCUT2D eigenvalue weighted by Crippen LogP contribution is -2.31. The Bertz CT molecular complexity index is 1020. The summed E-state index contributed by atoms with van der Waals surface area (Å²) in [7, 11) is 0. The summed E-state index contributed by atoms with van der Waals surface area (Å²) in [5.74, 6) is 0.0365. The fourth-order valence-electron chi connectivity index (χ4n) is 3.03. The van der Waals surface area contributed by atoms with Crippen molar-refractivity contribution in [2.45, 2.75) is 39.5 Å². The number of carbonyl (C=O) groups excluding carboxylic acids is 2. The smallest absolute Gasteiger partial charge is 0.321 e. The molecule has 0 saturated heterocycles. The molecule has 0 aromatic carbocycles. The van der Waals surface area contributed by atoms with Crippen molar-refractivity contribution in [3.05, 3.63) is 44.2 Å². The Hall–Kier alpha value is -3.62. The molecule has 0 aliphatic carbocycles. The van der Waals surface area contributed by atoms with Gasteiger partial charge in [-0.05, 0) is 33.1 Å².